The van der Waals surface area contributed by atoms with Gasteiger partial charge in [0.1, 0.15) is 0 Å². The highest BCUT2D eigenvalue weighted by molar-refractivity contribution is 6.32. The smallest absolute Gasteiger partial charge is 0.309 e. The van der Waals surface area contributed by atoms with E-state index in [2.05, 4.69) is 0 Å². The van der Waals surface area contributed by atoms with Crippen LogP contribution < -0.4 is 9.80 Å². The van der Waals surface area contributed by atoms with Gasteiger partial charge in [0.2, 0.25) is 5.91 Å². The van der Waals surface area contributed by atoms with Gasteiger partial charge in [0.15, 0.2) is 6.04 Å². The Bertz CT molecular complexity index is 713. The van der Waals surface area contributed by atoms with E-state index in [1.54, 1.807) is 25.1 Å². The van der Waals surface area contributed by atoms with Gasteiger partial charge in [-0.3, -0.25) is 14.4 Å². The third-order valence-corrected chi connectivity index (χ3v) is 5.69. The molecule has 0 bridgehead atoms. The van der Waals surface area contributed by atoms with E-state index in [0.717, 1.165) is 10.5 Å². The zero-order chi connectivity index (χ0) is 18.1. The number of nitrogens with one attached hydrogen (secondary N) is 1. The molecular formula is C18H22ClN2O4+. The number of rotatable bonds is 3. The van der Waals surface area contributed by atoms with Crippen LogP contribution in [0.25, 0.3) is 0 Å². The first-order chi connectivity index (χ1) is 11.9. The molecule has 1 atom stereocenters. The van der Waals surface area contributed by atoms with E-state index in [4.69, 9.17) is 16.3 Å². The molecule has 0 saturated carbocycles. The summed E-state index contributed by atoms with van der Waals surface area (Å²) in [5.41, 5.74) is 1.29. The Morgan fingerprint density at radius 2 is 1.96 bits per heavy atom. The molecule has 2 fully saturated rings. The van der Waals surface area contributed by atoms with Crippen molar-refractivity contribution in [3.8, 4) is 0 Å². The van der Waals surface area contributed by atoms with Crippen molar-refractivity contribution in [1.82, 2.24) is 0 Å². The predicted octanol–water partition coefficient (Wildman–Crippen LogP) is 0.748. The summed E-state index contributed by atoms with van der Waals surface area (Å²) in [4.78, 5) is 39.4. The molecular weight excluding hydrogens is 344 g/mol. The Balaban J connectivity index is 1.74. The second-order valence-corrected chi connectivity index (χ2v) is 7.07. The number of halogens is 1. The maximum Gasteiger partial charge on any atom is 0.309 e. The Morgan fingerprint density at radius 1 is 1.28 bits per heavy atom. The lowest BCUT2D eigenvalue weighted by Gasteiger charge is -2.31. The van der Waals surface area contributed by atoms with E-state index in [9.17, 15) is 14.4 Å². The van der Waals surface area contributed by atoms with Crippen molar-refractivity contribution in [2.45, 2.75) is 32.2 Å². The van der Waals surface area contributed by atoms with Crippen LogP contribution in [0.5, 0.6) is 0 Å². The number of hydrogen-bond acceptors (Lipinski definition) is 4. The summed E-state index contributed by atoms with van der Waals surface area (Å²) in [6, 6.07) is 4.85. The van der Waals surface area contributed by atoms with E-state index < -0.39 is 0 Å². The lowest BCUT2D eigenvalue weighted by molar-refractivity contribution is -0.920. The number of amides is 2. The third kappa shape index (κ3) is 3.28. The molecule has 0 aromatic heterocycles. The maximum absolute atomic E-state index is 12.9. The van der Waals surface area contributed by atoms with Crippen molar-refractivity contribution >= 4 is 35.1 Å². The van der Waals surface area contributed by atoms with Gasteiger partial charge in [0.25, 0.3) is 5.91 Å². The molecule has 6 nitrogen and oxygen atoms in total. The minimum Gasteiger partial charge on any atom is -0.469 e. The quantitative estimate of drug-likeness (QED) is 0.634. The fourth-order valence-electron chi connectivity index (χ4n) is 3.78. The molecule has 2 heterocycles. The lowest BCUT2D eigenvalue weighted by atomic mass is 9.95. The number of quaternary nitrogens is 1. The van der Waals surface area contributed by atoms with Gasteiger partial charge in [0, 0.05) is 17.9 Å². The molecule has 0 spiro atoms. The van der Waals surface area contributed by atoms with Crippen LogP contribution in [0.2, 0.25) is 5.02 Å². The Hall–Kier alpha value is -1.92. The molecule has 0 unspecified atom stereocenters. The average molecular weight is 366 g/mol. The summed E-state index contributed by atoms with van der Waals surface area (Å²) in [6.45, 7) is 3.18. The third-order valence-electron chi connectivity index (χ3n) is 5.28. The highest BCUT2D eigenvalue weighted by Crippen LogP contribution is 2.30. The van der Waals surface area contributed by atoms with Gasteiger partial charge >= 0.3 is 5.97 Å². The highest BCUT2D eigenvalue weighted by Gasteiger charge is 2.47. The zero-order valence-corrected chi connectivity index (χ0v) is 15.1. The van der Waals surface area contributed by atoms with Crippen LogP contribution in [-0.2, 0) is 19.1 Å². The second kappa shape index (κ2) is 7.14. The molecule has 0 radical (unpaired) electrons. The van der Waals surface area contributed by atoms with Crippen LogP contribution in [0.4, 0.5) is 5.69 Å². The van der Waals surface area contributed by atoms with Crippen molar-refractivity contribution in [3.63, 3.8) is 0 Å². The molecule has 3 rings (SSSR count). The van der Waals surface area contributed by atoms with E-state index in [0.29, 0.717) is 36.6 Å². The fourth-order valence-corrected chi connectivity index (χ4v) is 3.95. The number of carbonyl (C=O) groups excluding carboxylic acids is 3. The molecule has 134 valence electrons. The van der Waals surface area contributed by atoms with Crippen LogP contribution in [0, 0.1) is 12.8 Å². The van der Waals surface area contributed by atoms with Gasteiger partial charge in [-0.1, -0.05) is 17.7 Å². The van der Waals surface area contributed by atoms with E-state index >= 15 is 0 Å². The Kier molecular flexibility index (Phi) is 5.11. The van der Waals surface area contributed by atoms with Crippen molar-refractivity contribution in [3.05, 3.63) is 28.8 Å². The van der Waals surface area contributed by atoms with E-state index in [-0.39, 0.29) is 36.2 Å². The first-order valence-corrected chi connectivity index (χ1v) is 8.86. The van der Waals surface area contributed by atoms with Crippen molar-refractivity contribution in [2.24, 2.45) is 5.92 Å². The van der Waals surface area contributed by atoms with Crippen LogP contribution in [0.15, 0.2) is 18.2 Å². The first-order valence-electron chi connectivity index (χ1n) is 8.48. The average Bonchev–Trinajstić information content (AvgIpc) is 2.91. The molecule has 25 heavy (non-hydrogen) atoms. The standard InChI is InChI=1S/C18H21ClN2O4/c1-11-13(19)4-3-5-14(11)21-16(22)10-15(17(21)23)20-8-6-12(7-9-20)18(24)25-2/h3-5,12,15H,6-10H2,1-2H3/p+1/t15-/m0/s1. The van der Waals surface area contributed by atoms with Crippen LogP contribution in [0.1, 0.15) is 24.8 Å². The fraction of sp³-hybridized carbons (Fsp3) is 0.500. The number of imide groups is 1. The van der Waals surface area contributed by atoms with Gasteiger partial charge in [-0.25, -0.2) is 4.90 Å². The molecule has 1 aromatic rings. The summed E-state index contributed by atoms with van der Waals surface area (Å²) >= 11 is 6.13. The Labute approximate surface area is 151 Å². The zero-order valence-electron chi connectivity index (χ0n) is 14.4. The first kappa shape index (κ1) is 17.9. The number of methoxy groups -OCH3 is 1. The van der Waals surface area contributed by atoms with Crippen molar-refractivity contribution in [2.75, 3.05) is 25.1 Å². The Morgan fingerprint density at radius 3 is 2.60 bits per heavy atom. The summed E-state index contributed by atoms with van der Waals surface area (Å²) in [7, 11) is 1.39. The summed E-state index contributed by atoms with van der Waals surface area (Å²) in [6.07, 6.45) is 1.55. The molecule has 0 aliphatic carbocycles. The predicted molar refractivity (Wildman–Crippen MR) is 92.5 cm³/mol. The molecule has 1 N–H and O–H groups in total. The van der Waals surface area contributed by atoms with Gasteiger partial charge < -0.3 is 9.64 Å². The number of piperidine rings is 1. The number of likely N-dealkylation sites (tertiary alicyclic amines) is 1. The van der Waals surface area contributed by atoms with Crippen molar-refractivity contribution in [1.29, 1.82) is 0 Å². The molecule has 2 aliphatic heterocycles. The van der Waals surface area contributed by atoms with Gasteiger partial charge in [-0.15, -0.1) is 0 Å². The maximum atomic E-state index is 12.9. The summed E-state index contributed by atoms with van der Waals surface area (Å²) in [5.74, 6) is -0.666. The lowest BCUT2D eigenvalue weighted by Crippen LogP contribution is -3.17. The molecule has 2 amide bonds. The van der Waals surface area contributed by atoms with Crippen LogP contribution in [0.3, 0.4) is 0 Å². The molecule has 1 aromatic carbocycles. The number of esters is 1. The van der Waals surface area contributed by atoms with Crippen LogP contribution in [-0.4, -0.2) is 44.0 Å². The summed E-state index contributed by atoms with van der Waals surface area (Å²) in [5, 5.41) is 0.535. The highest BCUT2D eigenvalue weighted by atomic mass is 35.5. The minimum atomic E-state index is -0.385. The van der Waals surface area contributed by atoms with Gasteiger partial charge in [-0.05, 0) is 24.6 Å². The van der Waals surface area contributed by atoms with Crippen molar-refractivity contribution < 1.29 is 24.0 Å². The SMILES string of the molecule is COC(=O)C1CC[NH+]([C@H]2CC(=O)N(c3cccc(Cl)c3C)C2=O)CC1. The minimum absolute atomic E-state index is 0.104. The van der Waals surface area contributed by atoms with E-state index in [1.165, 1.54) is 12.0 Å². The number of carbonyl (C=O) groups is 3. The number of benzene rings is 1. The van der Waals surface area contributed by atoms with E-state index in [1.807, 2.05) is 0 Å². The van der Waals surface area contributed by atoms with Crippen LogP contribution >= 0.6 is 11.6 Å². The molecule has 7 heteroatoms. The topological polar surface area (TPSA) is 68.1 Å². The molecule has 2 aliphatic rings. The monoisotopic (exact) mass is 365 g/mol. The van der Waals surface area contributed by atoms with Gasteiger partial charge in [0.05, 0.1) is 38.2 Å². The number of ether oxygens (including phenoxy) is 1. The number of nitrogens with zero attached hydrogens (tertiary/aromatic N) is 1. The number of anilines is 1. The normalized spacial score (nSPS) is 26.8. The second-order valence-electron chi connectivity index (χ2n) is 6.66. The number of hydrogen-bond donors (Lipinski definition) is 1. The van der Waals surface area contributed by atoms with Gasteiger partial charge in [-0.2, -0.15) is 0 Å². The molecule has 2 saturated heterocycles. The summed E-state index contributed by atoms with van der Waals surface area (Å²) < 4.78 is 4.80. The largest absolute Gasteiger partial charge is 0.469 e.